The number of nitriles is 1. The van der Waals surface area contributed by atoms with Crippen molar-refractivity contribution in [2.75, 3.05) is 13.1 Å². The molecule has 0 atom stereocenters. The molecule has 0 unspecified atom stereocenters. The molecule has 0 radical (unpaired) electrons. The molecule has 0 saturated heterocycles. The zero-order chi connectivity index (χ0) is 8.81. The Balaban J connectivity index is 2.44. The summed E-state index contributed by atoms with van der Waals surface area (Å²) < 4.78 is 0. The lowest BCUT2D eigenvalue weighted by atomic mass is 10.3. The molecule has 0 aliphatic rings. The van der Waals surface area contributed by atoms with E-state index in [4.69, 9.17) is 5.26 Å². The predicted molar refractivity (Wildman–Crippen MR) is 50.9 cm³/mol. The van der Waals surface area contributed by atoms with E-state index in [0.29, 0.717) is 6.54 Å². The van der Waals surface area contributed by atoms with Crippen LogP contribution in [0.1, 0.15) is 12.5 Å². The smallest absolute Gasteiger partial charge is 0.0868 e. The molecule has 0 saturated carbocycles. The van der Waals surface area contributed by atoms with Crippen LogP contribution in [-0.4, -0.2) is 18.0 Å². The van der Waals surface area contributed by atoms with Gasteiger partial charge in [-0.25, -0.2) is 0 Å². The third-order valence-corrected chi connectivity index (χ3v) is 2.46. The van der Waals surface area contributed by atoms with E-state index in [1.54, 1.807) is 11.3 Å². The molecule has 12 heavy (non-hydrogen) atoms. The zero-order valence-corrected chi connectivity index (χ0v) is 7.97. The largest absolute Gasteiger partial charge is 0.287 e. The van der Waals surface area contributed by atoms with Gasteiger partial charge in [0.05, 0.1) is 12.6 Å². The van der Waals surface area contributed by atoms with E-state index >= 15 is 0 Å². The minimum atomic E-state index is 0.520. The molecule has 0 N–H and O–H groups in total. The molecule has 64 valence electrons. The number of thiophene rings is 1. The predicted octanol–water partition coefficient (Wildman–Crippen LogP) is 2.09. The molecule has 0 spiro atoms. The normalized spacial score (nSPS) is 10.1. The molecule has 2 nitrogen and oxygen atoms in total. The molecule has 1 rings (SSSR count). The van der Waals surface area contributed by atoms with E-state index in [1.165, 1.54) is 5.56 Å². The lowest BCUT2D eigenvalue weighted by Crippen LogP contribution is -2.22. The molecule has 0 aliphatic heterocycles. The molecular formula is C9H12N2S. The molecule has 0 fully saturated rings. The second-order valence-electron chi connectivity index (χ2n) is 2.59. The molecule has 0 aliphatic carbocycles. The summed E-state index contributed by atoms with van der Waals surface area (Å²) >= 11 is 1.70. The summed E-state index contributed by atoms with van der Waals surface area (Å²) in [4.78, 5) is 2.11. The SMILES string of the molecule is CCN(CC#N)Cc1ccsc1. The van der Waals surface area contributed by atoms with Gasteiger partial charge in [0, 0.05) is 6.54 Å². The first-order chi connectivity index (χ1) is 5.86. The molecule has 0 aromatic carbocycles. The van der Waals surface area contributed by atoms with Crippen LogP contribution < -0.4 is 0 Å². The van der Waals surface area contributed by atoms with Crippen LogP contribution in [0.2, 0.25) is 0 Å². The van der Waals surface area contributed by atoms with Gasteiger partial charge < -0.3 is 0 Å². The van der Waals surface area contributed by atoms with Gasteiger partial charge in [-0.2, -0.15) is 16.6 Å². The quantitative estimate of drug-likeness (QED) is 0.663. The molecule has 0 amide bonds. The Labute approximate surface area is 77.0 Å². The average Bonchev–Trinajstić information content (AvgIpc) is 2.56. The lowest BCUT2D eigenvalue weighted by Gasteiger charge is -2.14. The minimum Gasteiger partial charge on any atom is -0.287 e. The molecule has 1 aromatic rings. The van der Waals surface area contributed by atoms with Crippen molar-refractivity contribution in [2.45, 2.75) is 13.5 Å². The average molecular weight is 180 g/mol. The Morgan fingerprint density at radius 3 is 3.00 bits per heavy atom. The summed E-state index contributed by atoms with van der Waals surface area (Å²) in [6, 6.07) is 4.26. The lowest BCUT2D eigenvalue weighted by molar-refractivity contribution is 0.315. The van der Waals surface area contributed by atoms with E-state index in [9.17, 15) is 0 Å². The maximum Gasteiger partial charge on any atom is 0.0868 e. The van der Waals surface area contributed by atoms with Gasteiger partial charge in [0.1, 0.15) is 0 Å². The Bertz CT molecular complexity index is 248. The van der Waals surface area contributed by atoms with Crippen molar-refractivity contribution in [3.63, 3.8) is 0 Å². The van der Waals surface area contributed by atoms with Crippen LogP contribution in [0, 0.1) is 11.3 Å². The van der Waals surface area contributed by atoms with E-state index < -0.39 is 0 Å². The summed E-state index contributed by atoms with van der Waals surface area (Å²) in [5.41, 5.74) is 1.30. The van der Waals surface area contributed by atoms with Gasteiger partial charge in [-0.3, -0.25) is 4.90 Å². The van der Waals surface area contributed by atoms with Gasteiger partial charge in [-0.15, -0.1) is 0 Å². The number of hydrogen-bond donors (Lipinski definition) is 0. The third kappa shape index (κ3) is 2.65. The van der Waals surface area contributed by atoms with Gasteiger partial charge in [-0.05, 0) is 28.9 Å². The Morgan fingerprint density at radius 2 is 2.50 bits per heavy atom. The zero-order valence-electron chi connectivity index (χ0n) is 7.16. The van der Waals surface area contributed by atoms with Crippen molar-refractivity contribution in [3.8, 4) is 6.07 Å². The van der Waals surface area contributed by atoms with Crippen LogP contribution in [0.4, 0.5) is 0 Å². The van der Waals surface area contributed by atoms with Crippen molar-refractivity contribution < 1.29 is 0 Å². The molecular weight excluding hydrogens is 168 g/mol. The fraction of sp³-hybridized carbons (Fsp3) is 0.444. The fourth-order valence-electron chi connectivity index (χ4n) is 1.02. The van der Waals surface area contributed by atoms with Gasteiger partial charge in [0.2, 0.25) is 0 Å². The second kappa shape index (κ2) is 4.91. The summed E-state index contributed by atoms with van der Waals surface area (Å²) in [6.07, 6.45) is 0. The van der Waals surface area contributed by atoms with Crippen LogP contribution in [0.3, 0.4) is 0 Å². The molecule has 1 aromatic heterocycles. The van der Waals surface area contributed by atoms with Gasteiger partial charge >= 0.3 is 0 Å². The Morgan fingerprint density at radius 1 is 1.67 bits per heavy atom. The first kappa shape index (κ1) is 9.24. The highest BCUT2D eigenvalue weighted by atomic mass is 32.1. The van der Waals surface area contributed by atoms with E-state index in [2.05, 4.69) is 34.7 Å². The molecule has 3 heteroatoms. The van der Waals surface area contributed by atoms with Gasteiger partial charge in [0.15, 0.2) is 0 Å². The summed E-state index contributed by atoms with van der Waals surface area (Å²) in [7, 11) is 0. The summed E-state index contributed by atoms with van der Waals surface area (Å²) in [6.45, 7) is 4.42. The molecule has 1 heterocycles. The maximum absolute atomic E-state index is 8.51. The molecule has 0 bridgehead atoms. The van der Waals surface area contributed by atoms with E-state index in [0.717, 1.165) is 13.1 Å². The summed E-state index contributed by atoms with van der Waals surface area (Å²) in [5, 5.41) is 12.7. The Kier molecular flexibility index (Phi) is 3.78. The number of rotatable bonds is 4. The second-order valence-corrected chi connectivity index (χ2v) is 3.37. The van der Waals surface area contributed by atoms with Crippen LogP contribution >= 0.6 is 11.3 Å². The Hall–Kier alpha value is -0.850. The van der Waals surface area contributed by atoms with Crippen LogP contribution in [0.5, 0.6) is 0 Å². The monoisotopic (exact) mass is 180 g/mol. The van der Waals surface area contributed by atoms with Crippen molar-refractivity contribution in [1.82, 2.24) is 4.90 Å². The standard InChI is InChI=1S/C9H12N2S/c1-2-11(5-4-10)7-9-3-6-12-8-9/h3,6,8H,2,5,7H2,1H3. The maximum atomic E-state index is 8.51. The van der Waals surface area contributed by atoms with E-state index in [1.807, 2.05) is 0 Å². The first-order valence-electron chi connectivity index (χ1n) is 3.97. The van der Waals surface area contributed by atoms with Crippen molar-refractivity contribution >= 4 is 11.3 Å². The summed E-state index contributed by atoms with van der Waals surface area (Å²) in [5.74, 6) is 0. The minimum absolute atomic E-state index is 0.520. The van der Waals surface area contributed by atoms with Crippen molar-refractivity contribution in [1.29, 1.82) is 5.26 Å². The topological polar surface area (TPSA) is 27.0 Å². The van der Waals surface area contributed by atoms with Crippen molar-refractivity contribution in [2.24, 2.45) is 0 Å². The highest BCUT2D eigenvalue weighted by Crippen LogP contribution is 2.08. The van der Waals surface area contributed by atoms with Crippen LogP contribution in [0.25, 0.3) is 0 Å². The number of nitrogens with zero attached hydrogens (tertiary/aromatic N) is 2. The van der Waals surface area contributed by atoms with Crippen molar-refractivity contribution in [3.05, 3.63) is 22.4 Å². The fourth-order valence-corrected chi connectivity index (χ4v) is 1.68. The highest BCUT2D eigenvalue weighted by Gasteiger charge is 2.01. The van der Waals surface area contributed by atoms with Crippen LogP contribution in [0.15, 0.2) is 16.8 Å². The van der Waals surface area contributed by atoms with E-state index in [-0.39, 0.29) is 0 Å². The third-order valence-electron chi connectivity index (χ3n) is 1.73. The van der Waals surface area contributed by atoms with Crippen LogP contribution in [-0.2, 0) is 6.54 Å². The van der Waals surface area contributed by atoms with Gasteiger partial charge in [0.25, 0.3) is 0 Å². The van der Waals surface area contributed by atoms with Gasteiger partial charge in [-0.1, -0.05) is 6.92 Å². The number of hydrogen-bond acceptors (Lipinski definition) is 3. The first-order valence-corrected chi connectivity index (χ1v) is 4.91. The highest BCUT2D eigenvalue weighted by molar-refractivity contribution is 7.07.